The van der Waals surface area contributed by atoms with Gasteiger partial charge in [0.25, 0.3) is 0 Å². The monoisotopic (exact) mass is 265 g/mol. The number of aromatic nitrogens is 1. The van der Waals surface area contributed by atoms with E-state index in [2.05, 4.69) is 10.3 Å². The highest BCUT2D eigenvalue weighted by molar-refractivity contribution is 5.78. The van der Waals surface area contributed by atoms with Gasteiger partial charge in [-0.3, -0.25) is 14.7 Å². The third-order valence-electron chi connectivity index (χ3n) is 2.90. The third-order valence-corrected chi connectivity index (χ3v) is 2.90. The van der Waals surface area contributed by atoms with Gasteiger partial charge in [-0.15, -0.1) is 0 Å². The highest BCUT2D eigenvalue weighted by Gasteiger charge is 2.11. The Hall–Kier alpha value is -1.46. The van der Waals surface area contributed by atoms with E-state index >= 15 is 0 Å². The topological polar surface area (TPSA) is 54.5 Å². The smallest absolute Gasteiger partial charge is 0.234 e. The summed E-state index contributed by atoms with van der Waals surface area (Å²) in [5, 5.41) is 2.96. The Morgan fingerprint density at radius 1 is 1.53 bits per heavy atom. The predicted molar refractivity (Wildman–Crippen MR) is 74.9 cm³/mol. The largest absolute Gasteiger partial charge is 0.383 e. The number of amides is 1. The van der Waals surface area contributed by atoms with Crippen LogP contribution in [-0.2, 0) is 9.53 Å². The molecule has 1 aromatic heterocycles. The van der Waals surface area contributed by atoms with Gasteiger partial charge in [0.2, 0.25) is 5.91 Å². The Morgan fingerprint density at radius 3 is 2.84 bits per heavy atom. The molecule has 0 saturated carbocycles. The summed E-state index contributed by atoms with van der Waals surface area (Å²) >= 11 is 0. The summed E-state index contributed by atoms with van der Waals surface area (Å²) in [5.74, 6) is 0.00618. The number of likely N-dealkylation sites (N-methyl/N-ethyl adjacent to an activating group) is 1. The fourth-order valence-corrected chi connectivity index (χ4v) is 1.68. The average Bonchev–Trinajstić information content (AvgIpc) is 2.36. The molecular formula is C14H23N3O2. The number of pyridine rings is 1. The van der Waals surface area contributed by atoms with Crippen LogP contribution in [0.2, 0.25) is 0 Å². The van der Waals surface area contributed by atoms with Crippen molar-refractivity contribution < 1.29 is 9.53 Å². The van der Waals surface area contributed by atoms with Crippen molar-refractivity contribution in [3.05, 3.63) is 29.6 Å². The van der Waals surface area contributed by atoms with E-state index in [1.807, 2.05) is 37.9 Å². The van der Waals surface area contributed by atoms with Gasteiger partial charge in [-0.25, -0.2) is 0 Å². The molecule has 0 aliphatic carbocycles. The van der Waals surface area contributed by atoms with Crippen molar-refractivity contribution in [3.8, 4) is 0 Å². The maximum atomic E-state index is 11.9. The minimum atomic E-state index is -0.0311. The van der Waals surface area contributed by atoms with Crippen LogP contribution < -0.4 is 5.32 Å². The first-order chi connectivity index (χ1) is 9.02. The zero-order chi connectivity index (χ0) is 14.3. The second-order valence-electron chi connectivity index (χ2n) is 4.75. The van der Waals surface area contributed by atoms with Crippen LogP contribution >= 0.6 is 0 Å². The van der Waals surface area contributed by atoms with Crippen LogP contribution in [0.15, 0.2) is 18.3 Å². The molecule has 1 atom stereocenters. The number of nitrogens with one attached hydrogen (secondary N) is 1. The summed E-state index contributed by atoms with van der Waals surface area (Å²) in [7, 11) is 3.55. The van der Waals surface area contributed by atoms with E-state index < -0.39 is 0 Å². The number of carbonyl (C=O) groups is 1. The number of rotatable bonds is 7. The standard InChI is InChI=1S/C14H23N3O2/c1-11-5-6-13(9-15-11)12(2)16-14(18)10-17(3)7-8-19-4/h5-6,9,12H,7-8,10H2,1-4H3,(H,16,18). The number of carbonyl (C=O) groups excluding carboxylic acids is 1. The SMILES string of the molecule is COCCN(C)CC(=O)NC(C)c1ccc(C)nc1. The number of aryl methyl sites for hydroxylation is 1. The van der Waals surface area contributed by atoms with Gasteiger partial charge >= 0.3 is 0 Å². The van der Waals surface area contributed by atoms with Crippen LogP contribution in [0.5, 0.6) is 0 Å². The van der Waals surface area contributed by atoms with Crippen molar-refractivity contribution in [2.45, 2.75) is 19.9 Å². The van der Waals surface area contributed by atoms with E-state index in [0.717, 1.165) is 17.8 Å². The summed E-state index contributed by atoms with van der Waals surface area (Å²) < 4.78 is 4.97. The lowest BCUT2D eigenvalue weighted by molar-refractivity contribution is -0.122. The van der Waals surface area contributed by atoms with Gasteiger partial charge in [0.1, 0.15) is 0 Å². The third kappa shape index (κ3) is 5.81. The van der Waals surface area contributed by atoms with Gasteiger partial charge in [0.05, 0.1) is 19.2 Å². The maximum absolute atomic E-state index is 11.9. The lowest BCUT2D eigenvalue weighted by Crippen LogP contribution is -2.37. The molecule has 0 aliphatic heterocycles. The molecule has 1 amide bonds. The Labute approximate surface area is 115 Å². The molecule has 0 spiro atoms. The first kappa shape index (κ1) is 15.6. The van der Waals surface area contributed by atoms with E-state index in [-0.39, 0.29) is 11.9 Å². The maximum Gasteiger partial charge on any atom is 0.234 e. The molecule has 0 radical (unpaired) electrons. The molecular weight excluding hydrogens is 242 g/mol. The number of hydrogen-bond acceptors (Lipinski definition) is 4. The van der Waals surface area contributed by atoms with Crippen molar-refractivity contribution in [1.29, 1.82) is 0 Å². The van der Waals surface area contributed by atoms with Crippen LogP contribution in [0.1, 0.15) is 24.2 Å². The van der Waals surface area contributed by atoms with Gasteiger partial charge in [0.15, 0.2) is 0 Å². The fourth-order valence-electron chi connectivity index (χ4n) is 1.68. The molecule has 0 aromatic carbocycles. The molecule has 1 rings (SSSR count). The van der Waals surface area contributed by atoms with E-state index in [4.69, 9.17) is 4.74 Å². The lowest BCUT2D eigenvalue weighted by Gasteiger charge is -2.18. The molecule has 106 valence electrons. The molecule has 1 heterocycles. The number of hydrogen-bond donors (Lipinski definition) is 1. The Kier molecular flexibility index (Phi) is 6.45. The van der Waals surface area contributed by atoms with E-state index in [1.165, 1.54) is 0 Å². The Bertz CT molecular complexity index is 392. The van der Waals surface area contributed by atoms with Gasteiger partial charge in [0, 0.05) is 25.5 Å². The molecule has 0 bridgehead atoms. The molecule has 19 heavy (non-hydrogen) atoms. The molecule has 0 saturated heterocycles. The van der Waals surface area contributed by atoms with E-state index in [0.29, 0.717) is 13.2 Å². The molecule has 5 nitrogen and oxygen atoms in total. The molecule has 0 aliphatic rings. The van der Waals surface area contributed by atoms with Crippen molar-refractivity contribution in [1.82, 2.24) is 15.2 Å². The lowest BCUT2D eigenvalue weighted by atomic mass is 10.1. The summed E-state index contributed by atoms with van der Waals surface area (Å²) in [6, 6.07) is 3.90. The normalized spacial score (nSPS) is 12.5. The zero-order valence-electron chi connectivity index (χ0n) is 12.1. The highest BCUT2D eigenvalue weighted by Crippen LogP contribution is 2.10. The van der Waals surface area contributed by atoms with Crippen molar-refractivity contribution in [2.75, 3.05) is 33.9 Å². The van der Waals surface area contributed by atoms with Gasteiger partial charge in [-0.2, -0.15) is 0 Å². The number of nitrogens with zero attached hydrogens (tertiary/aromatic N) is 2. The summed E-state index contributed by atoms with van der Waals surface area (Å²) in [4.78, 5) is 18.0. The van der Waals surface area contributed by atoms with E-state index in [9.17, 15) is 4.79 Å². The van der Waals surface area contributed by atoms with Gasteiger partial charge in [-0.1, -0.05) is 6.07 Å². The molecule has 1 N–H and O–H groups in total. The van der Waals surface area contributed by atoms with E-state index in [1.54, 1.807) is 13.3 Å². The predicted octanol–water partition coefficient (Wildman–Crippen LogP) is 1.15. The van der Waals surface area contributed by atoms with Crippen molar-refractivity contribution in [2.24, 2.45) is 0 Å². The van der Waals surface area contributed by atoms with Crippen LogP contribution in [0.4, 0.5) is 0 Å². The van der Waals surface area contributed by atoms with Crippen molar-refractivity contribution in [3.63, 3.8) is 0 Å². The minimum Gasteiger partial charge on any atom is -0.383 e. The van der Waals surface area contributed by atoms with Gasteiger partial charge in [-0.05, 0) is 32.5 Å². The number of methoxy groups -OCH3 is 1. The fraction of sp³-hybridized carbons (Fsp3) is 0.571. The first-order valence-corrected chi connectivity index (χ1v) is 6.42. The van der Waals surface area contributed by atoms with Crippen LogP contribution in [0.25, 0.3) is 0 Å². The van der Waals surface area contributed by atoms with Crippen LogP contribution in [-0.4, -0.2) is 49.6 Å². The van der Waals surface area contributed by atoms with Crippen LogP contribution in [0, 0.1) is 6.92 Å². The summed E-state index contributed by atoms with van der Waals surface area (Å²) in [6.45, 7) is 5.63. The first-order valence-electron chi connectivity index (χ1n) is 6.42. The average molecular weight is 265 g/mol. The summed E-state index contributed by atoms with van der Waals surface area (Å²) in [5.41, 5.74) is 1.99. The molecule has 1 unspecified atom stereocenters. The van der Waals surface area contributed by atoms with Crippen molar-refractivity contribution >= 4 is 5.91 Å². The Balaban J connectivity index is 2.41. The van der Waals surface area contributed by atoms with Crippen LogP contribution in [0.3, 0.4) is 0 Å². The second kappa shape index (κ2) is 7.86. The molecule has 0 fully saturated rings. The summed E-state index contributed by atoms with van der Waals surface area (Å²) in [6.07, 6.45) is 1.80. The zero-order valence-corrected chi connectivity index (χ0v) is 12.1. The molecule has 1 aromatic rings. The second-order valence-corrected chi connectivity index (χ2v) is 4.75. The quantitative estimate of drug-likeness (QED) is 0.803. The molecule has 5 heteroatoms. The highest BCUT2D eigenvalue weighted by atomic mass is 16.5. The van der Waals surface area contributed by atoms with Gasteiger partial charge < -0.3 is 10.1 Å². The number of ether oxygens (including phenoxy) is 1. The minimum absolute atomic E-state index is 0.00618. The Morgan fingerprint density at radius 2 is 2.26 bits per heavy atom.